The third kappa shape index (κ3) is 3.55. The van der Waals surface area contributed by atoms with Gasteiger partial charge >= 0.3 is 0 Å². The number of anilines is 1. The lowest BCUT2D eigenvalue weighted by molar-refractivity contribution is 0.0987. The fourth-order valence-corrected chi connectivity index (χ4v) is 2.31. The Morgan fingerprint density at radius 2 is 1.81 bits per heavy atom. The number of benzene rings is 2. The third-order valence-electron chi connectivity index (χ3n) is 2.94. The minimum Gasteiger partial charge on any atom is -0.307 e. The van der Waals surface area contributed by atoms with Crippen LogP contribution in [0.25, 0.3) is 0 Å². The molecule has 0 saturated carbocycles. The molecule has 106 valence electrons. The SMILES string of the molecule is N#CCCN(C(=O)c1cccc(Cl)c1Cl)c1ccccc1. The van der Waals surface area contributed by atoms with Crippen molar-refractivity contribution in [3.63, 3.8) is 0 Å². The Balaban J connectivity index is 2.39. The van der Waals surface area contributed by atoms with E-state index in [1.807, 2.05) is 36.4 Å². The number of rotatable bonds is 4. The Hall–Kier alpha value is -2.02. The summed E-state index contributed by atoms with van der Waals surface area (Å²) >= 11 is 12.1. The lowest BCUT2D eigenvalue weighted by Gasteiger charge is -2.22. The molecule has 0 N–H and O–H groups in total. The highest BCUT2D eigenvalue weighted by molar-refractivity contribution is 6.44. The van der Waals surface area contributed by atoms with Crippen LogP contribution < -0.4 is 4.90 Å². The van der Waals surface area contributed by atoms with Gasteiger partial charge in [0.2, 0.25) is 0 Å². The molecule has 0 aliphatic carbocycles. The van der Waals surface area contributed by atoms with Crippen molar-refractivity contribution in [1.82, 2.24) is 0 Å². The maximum Gasteiger partial charge on any atom is 0.259 e. The van der Waals surface area contributed by atoms with Crippen LogP contribution in [0.3, 0.4) is 0 Å². The lowest BCUT2D eigenvalue weighted by atomic mass is 10.1. The predicted octanol–water partition coefficient (Wildman–Crippen LogP) is 4.55. The number of hydrogen-bond acceptors (Lipinski definition) is 2. The van der Waals surface area contributed by atoms with Crippen LogP contribution in [-0.2, 0) is 0 Å². The number of amides is 1. The van der Waals surface area contributed by atoms with E-state index in [0.29, 0.717) is 22.8 Å². The molecule has 0 saturated heterocycles. The summed E-state index contributed by atoms with van der Waals surface area (Å²) in [5, 5.41) is 9.33. The molecule has 0 aliphatic heterocycles. The Kier molecular flexibility index (Phi) is 5.21. The van der Waals surface area contributed by atoms with Crippen LogP contribution in [0.15, 0.2) is 48.5 Å². The molecule has 0 bridgehead atoms. The molecule has 0 aromatic heterocycles. The van der Waals surface area contributed by atoms with Crippen LogP contribution in [0.5, 0.6) is 0 Å². The second kappa shape index (κ2) is 7.12. The lowest BCUT2D eigenvalue weighted by Crippen LogP contribution is -2.32. The van der Waals surface area contributed by atoms with Crippen LogP contribution in [-0.4, -0.2) is 12.5 Å². The molecule has 0 atom stereocenters. The third-order valence-corrected chi connectivity index (χ3v) is 3.76. The Morgan fingerprint density at radius 3 is 2.48 bits per heavy atom. The van der Waals surface area contributed by atoms with Crippen LogP contribution in [0, 0.1) is 11.3 Å². The summed E-state index contributed by atoms with van der Waals surface area (Å²) in [6.07, 6.45) is 0.235. The normalized spacial score (nSPS) is 9.95. The van der Waals surface area contributed by atoms with Gasteiger partial charge in [0.15, 0.2) is 0 Å². The van der Waals surface area contributed by atoms with E-state index in [1.54, 1.807) is 18.2 Å². The molecule has 0 unspecified atom stereocenters. The minimum atomic E-state index is -0.274. The summed E-state index contributed by atoms with van der Waals surface area (Å²) in [5.74, 6) is -0.274. The number of carbonyl (C=O) groups is 1. The highest BCUT2D eigenvalue weighted by Crippen LogP contribution is 2.28. The van der Waals surface area contributed by atoms with Crippen molar-refractivity contribution in [2.75, 3.05) is 11.4 Å². The second-order valence-corrected chi connectivity index (χ2v) is 5.09. The van der Waals surface area contributed by atoms with Gasteiger partial charge in [-0.3, -0.25) is 4.79 Å². The van der Waals surface area contributed by atoms with Gasteiger partial charge in [-0.15, -0.1) is 0 Å². The average Bonchev–Trinajstić information content (AvgIpc) is 2.51. The number of hydrogen-bond donors (Lipinski definition) is 0. The summed E-state index contributed by atoms with van der Waals surface area (Å²) < 4.78 is 0. The molecule has 21 heavy (non-hydrogen) atoms. The van der Waals surface area contributed by atoms with Crippen molar-refractivity contribution in [1.29, 1.82) is 5.26 Å². The van der Waals surface area contributed by atoms with Gasteiger partial charge < -0.3 is 4.90 Å². The van der Waals surface area contributed by atoms with E-state index in [1.165, 1.54) is 4.90 Å². The van der Waals surface area contributed by atoms with Gasteiger partial charge in [-0.1, -0.05) is 47.5 Å². The van der Waals surface area contributed by atoms with Crippen LogP contribution >= 0.6 is 23.2 Å². The van der Waals surface area contributed by atoms with Crippen molar-refractivity contribution in [3.05, 3.63) is 64.1 Å². The van der Waals surface area contributed by atoms with Gasteiger partial charge in [0, 0.05) is 12.2 Å². The van der Waals surface area contributed by atoms with Crippen molar-refractivity contribution in [2.45, 2.75) is 6.42 Å². The van der Waals surface area contributed by atoms with Crippen molar-refractivity contribution in [2.24, 2.45) is 0 Å². The number of para-hydroxylation sites is 1. The first-order valence-electron chi connectivity index (χ1n) is 6.33. The summed E-state index contributed by atoms with van der Waals surface area (Å²) in [6, 6.07) is 16.1. The first-order chi connectivity index (χ1) is 10.1. The zero-order valence-corrected chi connectivity index (χ0v) is 12.6. The van der Waals surface area contributed by atoms with Gasteiger partial charge in [0.05, 0.1) is 28.1 Å². The van der Waals surface area contributed by atoms with E-state index in [4.69, 9.17) is 28.5 Å². The van der Waals surface area contributed by atoms with Crippen molar-refractivity contribution >= 4 is 34.8 Å². The van der Waals surface area contributed by atoms with E-state index < -0.39 is 0 Å². The smallest absolute Gasteiger partial charge is 0.259 e. The molecule has 2 aromatic rings. The Bertz CT molecular complexity index is 680. The standard InChI is InChI=1S/C16H12Cl2N2O/c17-14-9-4-8-13(15(14)18)16(21)20(11-5-10-19)12-6-2-1-3-7-12/h1-4,6-9H,5,11H2. The maximum absolute atomic E-state index is 12.7. The molecule has 0 fully saturated rings. The monoisotopic (exact) mass is 318 g/mol. The molecule has 0 aliphatic rings. The quantitative estimate of drug-likeness (QED) is 0.829. The molecular formula is C16H12Cl2N2O. The molecule has 1 amide bonds. The first-order valence-corrected chi connectivity index (χ1v) is 7.08. The van der Waals surface area contributed by atoms with Gasteiger partial charge in [0.25, 0.3) is 5.91 Å². The summed E-state index contributed by atoms with van der Waals surface area (Å²) in [4.78, 5) is 14.2. The number of nitrogens with zero attached hydrogens (tertiary/aromatic N) is 2. The maximum atomic E-state index is 12.7. The summed E-state index contributed by atoms with van der Waals surface area (Å²) in [7, 11) is 0. The minimum absolute atomic E-state index is 0.224. The molecule has 0 radical (unpaired) electrons. The topological polar surface area (TPSA) is 44.1 Å². The van der Waals surface area contributed by atoms with Gasteiger partial charge in [-0.2, -0.15) is 5.26 Å². The Morgan fingerprint density at radius 1 is 1.10 bits per heavy atom. The van der Waals surface area contributed by atoms with Crippen molar-refractivity contribution < 1.29 is 4.79 Å². The van der Waals surface area contributed by atoms with Crippen LogP contribution in [0.4, 0.5) is 5.69 Å². The molecular weight excluding hydrogens is 307 g/mol. The molecule has 5 heteroatoms. The highest BCUT2D eigenvalue weighted by Gasteiger charge is 2.20. The summed E-state index contributed by atoms with van der Waals surface area (Å²) in [5.41, 5.74) is 1.04. The molecule has 2 aromatic carbocycles. The molecule has 0 heterocycles. The fourth-order valence-electron chi connectivity index (χ4n) is 1.93. The van der Waals surface area contributed by atoms with E-state index in [9.17, 15) is 4.79 Å². The number of halogens is 2. The van der Waals surface area contributed by atoms with Crippen LogP contribution in [0.1, 0.15) is 16.8 Å². The van der Waals surface area contributed by atoms with E-state index in [-0.39, 0.29) is 17.4 Å². The summed E-state index contributed by atoms with van der Waals surface area (Å²) in [6.45, 7) is 0.294. The van der Waals surface area contributed by atoms with E-state index in [2.05, 4.69) is 0 Å². The van der Waals surface area contributed by atoms with E-state index in [0.717, 1.165) is 0 Å². The number of carbonyl (C=O) groups excluding carboxylic acids is 1. The first kappa shape index (κ1) is 15.4. The van der Waals surface area contributed by atoms with Crippen molar-refractivity contribution in [3.8, 4) is 6.07 Å². The van der Waals surface area contributed by atoms with Gasteiger partial charge in [0.1, 0.15) is 0 Å². The second-order valence-electron chi connectivity index (χ2n) is 4.30. The highest BCUT2D eigenvalue weighted by atomic mass is 35.5. The zero-order valence-electron chi connectivity index (χ0n) is 11.1. The number of nitriles is 1. The largest absolute Gasteiger partial charge is 0.307 e. The van der Waals surface area contributed by atoms with Gasteiger partial charge in [-0.05, 0) is 24.3 Å². The molecule has 3 nitrogen and oxygen atoms in total. The van der Waals surface area contributed by atoms with Crippen LogP contribution in [0.2, 0.25) is 10.0 Å². The molecule has 0 spiro atoms. The van der Waals surface area contributed by atoms with E-state index >= 15 is 0 Å². The average molecular weight is 319 g/mol. The zero-order chi connectivity index (χ0) is 15.2. The molecule has 2 rings (SSSR count). The fraction of sp³-hybridized carbons (Fsp3) is 0.125. The Labute approximate surface area is 133 Å². The van der Waals surface area contributed by atoms with Gasteiger partial charge in [-0.25, -0.2) is 0 Å². The predicted molar refractivity (Wildman–Crippen MR) is 84.8 cm³/mol.